The highest BCUT2D eigenvalue weighted by atomic mass is 35.5. The number of likely N-dealkylation sites (tertiary alicyclic amines) is 1. The van der Waals surface area contributed by atoms with Gasteiger partial charge in [0.2, 0.25) is 5.91 Å². The zero-order chi connectivity index (χ0) is 25.6. The number of carbonyl (C=O) groups is 2. The van der Waals surface area contributed by atoms with Crippen LogP contribution in [0.3, 0.4) is 0 Å². The summed E-state index contributed by atoms with van der Waals surface area (Å²) >= 11 is 6.77. The van der Waals surface area contributed by atoms with Gasteiger partial charge in [0.15, 0.2) is 0 Å². The number of pyridine rings is 1. The number of amides is 2. The van der Waals surface area contributed by atoms with Gasteiger partial charge in [-0.25, -0.2) is 4.98 Å². The van der Waals surface area contributed by atoms with Gasteiger partial charge in [0.25, 0.3) is 5.91 Å². The molecule has 1 spiro atoms. The van der Waals surface area contributed by atoms with Crippen LogP contribution in [-0.2, 0) is 4.79 Å². The fraction of sp³-hybridized carbons (Fsp3) is 0.552. The van der Waals surface area contributed by atoms with Gasteiger partial charge in [-0.05, 0) is 81.5 Å². The molecule has 0 radical (unpaired) electrons. The molecule has 2 N–H and O–H groups in total. The minimum Gasteiger partial charge on any atom is -0.393 e. The summed E-state index contributed by atoms with van der Waals surface area (Å²) < 4.78 is 0. The van der Waals surface area contributed by atoms with Crippen molar-refractivity contribution in [3.05, 3.63) is 47.1 Å². The number of aliphatic hydroxyl groups excluding tert-OH is 1. The Labute approximate surface area is 223 Å². The molecule has 0 unspecified atom stereocenters. The van der Waals surface area contributed by atoms with Crippen LogP contribution in [0.15, 0.2) is 36.5 Å². The monoisotopic (exact) mass is 522 g/mol. The summed E-state index contributed by atoms with van der Waals surface area (Å²) in [4.78, 5) is 35.0. The third-order valence-electron chi connectivity index (χ3n) is 8.74. The van der Waals surface area contributed by atoms with Crippen LogP contribution >= 0.6 is 11.6 Å². The van der Waals surface area contributed by atoms with E-state index in [4.69, 9.17) is 16.6 Å². The number of halogens is 1. The number of hydrogen-bond donors (Lipinski definition) is 2. The van der Waals surface area contributed by atoms with E-state index in [2.05, 4.69) is 15.1 Å². The van der Waals surface area contributed by atoms with Crippen molar-refractivity contribution in [1.29, 1.82) is 0 Å². The van der Waals surface area contributed by atoms with Crippen LogP contribution in [0, 0.1) is 5.41 Å². The number of aromatic nitrogens is 1. The number of carbonyl (C=O) groups excluding carboxylic acids is 2. The zero-order valence-corrected chi connectivity index (χ0v) is 21.9. The molecule has 4 aliphatic rings. The Bertz CT molecular complexity index is 1180. The van der Waals surface area contributed by atoms with Gasteiger partial charge < -0.3 is 20.2 Å². The third-order valence-corrected chi connectivity index (χ3v) is 9.02. The second-order valence-electron chi connectivity index (χ2n) is 11.4. The van der Waals surface area contributed by atoms with Crippen LogP contribution in [-0.4, -0.2) is 64.6 Å². The van der Waals surface area contributed by atoms with Crippen molar-refractivity contribution < 1.29 is 14.7 Å². The van der Waals surface area contributed by atoms with E-state index < -0.39 is 0 Å². The van der Waals surface area contributed by atoms with Crippen molar-refractivity contribution in [2.24, 2.45) is 5.41 Å². The predicted octanol–water partition coefficient (Wildman–Crippen LogP) is 4.42. The summed E-state index contributed by atoms with van der Waals surface area (Å²) in [7, 11) is 0. The van der Waals surface area contributed by atoms with Gasteiger partial charge in [0.05, 0.1) is 16.5 Å². The Morgan fingerprint density at radius 3 is 2.49 bits per heavy atom. The minimum atomic E-state index is -0.366. The molecule has 2 aromatic rings. The van der Waals surface area contributed by atoms with Crippen molar-refractivity contribution in [3.8, 4) is 11.1 Å². The van der Waals surface area contributed by atoms with Crippen LogP contribution < -0.4 is 10.2 Å². The van der Waals surface area contributed by atoms with Gasteiger partial charge in [-0.2, -0.15) is 0 Å². The lowest BCUT2D eigenvalue weighted by atomic mass is 9.78. The molecule has 6 rings (SSSR count). The Balaban J connectivity index is 1.15. The molecule has 1 aromatic heterocycles. The second kappa shape index (κ2) is 9.91. The molecule has 1 atom stereocenters. The van der Waals surface area contributed by atoms with E-state index in [1.54, 1.807) is 0 Å². The lowest BCUT2D eigenvalue weighted by Gasteiger charge is -2.41. The third kappa shape index (κ3) is 4.96. The van der Waals surface area contributed by atoms with E-state index in [0.717, 1.165) is 87.8 Å². The number of benzene rings is 1. The van der Waals surface area contributed by atoms with E-state index in [0.29, 0.717) is 23.2 Å². The molecule has 2 aliphatic heterocycles. The molecule has 1 aromatic carbocycles. The Morgan fingerprint density at radius 1 is 1.03 bits per heavy atom. The van der Waals surface area contributed by atoms with E-state index in [1.807, 2.05) is 36.5 Å². The average Bonchev–Trinajstić information content (AvgIpc) is 3.68. The van der Waals surface area contributed by atoms with Crippen LogP contribution in [0.5, 0.6) is 0 Å². The van der Waals surface area contributed by atoms with Crippen LogP contribution in [0.2, 0.25) is 5.02 Å². The second-order valence-corrected chi connectivity index (χ2v) is 11.8. The maximum Gasteiger partial charge on any atom is 0.251 e. The Morgan fingerprint density at radius 2 is 1.78 bits per heavy atom. The maximum atomic E-state index is 13.7. The smallest absolute Gasteiger partial charge is 0.251 e. The van der Waals surface area contributed by atoms with Gasteiger partial charge in [-0.1, -0.05) is 23.7 Å². The molecule has 0 bridgehead atoms. The minimum absolute atomic E-state index is 0.0271. The number of nitrogens with zero attached hydrogens (tertiary/aromatic N) is 3. The molecule has 2 saturated heterocycles. The lowest BCUT2D eigenvalue weighted by Crippen LogP contribution is -2.50. The van der Waals surface area contributed by atoms with Gasteiger partial charge in [-0.3, -0.25) is 9.59 Å². The van der Waals surface area contributed by atoms with Crippen molar-refractivity contribution >= 4 is 29.2 Å². The highest BCUT2D eigenvalue weighted by Crippen LogP contribution is 2.44. The predicted molar refractivity (Wildman–Crippen MR) is 144 cm³/mol. The lowest BCUT2D eigenvalue weighted by molar-refractivity contribution is -0.139. The van der Waals surface area contributed by atoms with Gasteiger partial charge >= 0.3 is 0 Å². The first kappa shape index (κ1) is 24.7. The average molecular weight is 523 g/mol. The van der Waals surface area contributed by atoms with Crippen LogP contribution in [0.4, 0.5) is 5.82 Å². The molecule has 2 aliphatic carbocycles. The molecule has 2 saturated carbocycles. The number of anilines is 1. The van der Waals surface area contributed by atoms with Gasteiger partial charge in [-0.15, -0.1) is 0 Å². The van der Waals surface area contributed by atoms with Crippen molar-refractivity contribution in [2.45, 2.75) is 76.0 Å². The molecule has 4 fully saturated rings. The number of aliphatic hydroxyl groups is 1. The highest BCUT2D eigenvalue weighted by Gasteiger charge is 2.51. The Hall–Kier alpha value is -2.64. The summed E-state index contributed by atoms with van der Waals surface area (Å²) in [6.07, 6.45) is 9.84. The largest absolute Gasteiger partial charge is 0.393 e. The van der Waals surface area contributed by atoms with E-state index in [9.17, 15) is 14.7 Å². The molecule has 37 heavy (non-hydrogen) atoms. The highest BCUT2D eigenvalue weighted by molar-refractivity contribution is 6.33. The van der Waals surface area contributed by atoms with E-state index in [1.165, 1.54) is 0 Å². The van der Waals surface area contributed by atoms with Crippen molar-refractivity contribution in [3.63, 3.8) is 0 Å². The quantitative estimate of drug-likeness (QED) is 0.607. The number of rotatable bonds is 5. The standard InChI is InChI=1S/C29H35ClN4O3/c30-25-16-21(19-2-4-20(5-3-19)27(36)32-22-6-7-22)17-31-26(25)33-14-1-12-29(18-33)13-15-34(28(29)37)23-8-10-24(35)11-9-23/h2-5,16-17,22-24,35H,1,6-15,18H2,(H,32,36)/t23-,24+,29-/m1/s1. The van der Waals surface area contributed by atoms with E-state index in [-0.39, 0.29) is 29.4 Å². The Kier molecular flexibility index (Phi) is 6.61. The maximum absolute atomic E-state index is 13.7. The molecular weight excluding hydrogens is 488 g/mol. The fourth-order valence-electron chi connectivity index (χ4n) is 6.39. The SMILES string of the molecule is O=C(NC1CC1)c1ccc(-c2cnc(N3CCC[C@@]4(CCN([C@H]5CC[C@@H](O)CC5)C4=O)C3)c(Cl)c2)cc1. The van der Waals surface area contributed by atoms with Crippen molar-refractivity contribution in [1.82, 2.24) is 15.2 Å². The summed E-state index contributed by atoms with van der Waals surface area (Å²) in [6.45, 7) is 2.29. The first-order chi connectivity index (χ1) is 17.9. The number of hydrogen-bond acceptors (Lipinski definition) is 5. The van der Waals surface area contributed by atoms with Gasteiger partial charge in [0, 0.05) is 49.0 Å². The number of nitrogens with one attached hydrogen (secondary N) is 1. The number of piperidine rings is 1. The van der Waals surface area contributed by atoms with Gasteiger partial charge in [0.1, 0.15) is 5.82 Å². The summed E-state index contributed by atoms with van der Waals surface area (Å²) in [5.41, 5.74) is 2.15. The molecule has 2 amide bonds. The van der Waals surface area contributed by atoms with E-state index >= 15 is 0 Å². The summed E-state index contributed by atoms with van der Waals surface area (Å²) in [6, 6.07) is 10.1. The molecule has 3 heterocycles. The topological polar surface area (TPSA) is 85.8 Å². The molecular formula is C29H35ClN4O3. The first-order valence-corrected chi connectivity index (χ1v) is 14.1. The fourth-order valence-corrected chi connectivity index (χ4v) is 6.67. The zero-order valence-electron chi connectivity index (χ0n) is 21.2. The summed E-state index contributed by atoms with van der Waals surface area (Å²) in [5, 5.41) is 13.5. The molecule has 8 heteroatoms. The van der Waals surface area contributed by atoms with Crippen LogP contribution in [0.25, 0.3) is 11.1 Å². The summed E-state index contributed by atoms with van der Waals surface area (Å²) in [5.74, 6) is 0.981. The normalized spacial score (nSPS) is 28.1. The first-order valence-electron chi connectivity index (χ1n) is 13.7. The molecule has 7 nitrogen and oxygen atoms in total. The van der Waals surface area contributed by atoms with Crippen molar-refractivity contribution in [2.75, 3.05) is 24.5 Å². The molecule has 196 valence electrons. The van der Waals surface area contributed by atoms with Crippen LogP contribution in [0.1, 0.15) is 68.1 Å².